The molecule has 1 aliphatic heterocycles. The maximum Gasteiger partial charge on any atom is 0.282 e. The summed E-state index contributed by atoms with van der Waals surface area (Å²) in [5, 5.41) is 0.458. The zero-order valence-electron chi connectivity index (χ0n) is 14.1. The maximum atomic E-state index is 12.9. The van der Waals surface area contributed by atoms with Crippen LogP contribution in [0.4, 0.5) is 5.69 Å². The van der Waals surface area contributed by atoms with Crippen molar-refractivity contribution >= 4 is 27.5 Å². The smallest absolute Gasteiger partial charge is 0.282 e. The monoisotopic (exact) mass is 372 g/mol. The van der Waals surface area contributed by atoms with Gasteiger partial charge >= 0.3 is 0 Å². The summed E-state index contributed by atoms with van der Waals surface area (Å²) in [6.07, 6.45) is 7.10. The van der Waals surface area contributed by atoms with Gasteiger partial charge in [-0.25, -0.2) is 4.98 Å². The fourth-order valence-electron chi connectivity index (χ4n) is 3.58. The van der Waals surface area contributed by atoms with E-state index >= 15 is 0 Å². The van der Waals surface area contributed by atoms with Crippen molar-refractivity contribution in [2.24, 2.45) is 0 Å². The van der Waals surface area contributed by atoms with E-state index in [9.17, 15) is 8.42 Å². The van der Waals surface area contributed by atoms with Crippen LogP contribution in [0.15, 0.2) is 18.3 Å². The number of aromatic nitrogens is 1. The van der Waals surface area contributed by atoms with E-state index in [1.54, 1.807) is 21.9 Å². The van der Waals surface area contributed by atoms with E-state index < -0.39 is 10.2 Å². The van der Waals surface area contributed by atoms with Crippen LogP contribution in [0.2, 0.25) is 5.15 Å². The van der Waals surface area contributed by atoms with Gasteiger partial charge in [0.05, 0.1) is 0 Å². The second-order valence-electron chi connectivity index (χ2n) is 6.54. The molecule has 134 valence electrons. The first-order valence-electron chi connectivity index (χ1n) is 8.58. The van der Waals surface area contributed by atoms with Gasteiger partial charge in [-0.15, -0.1) is 0 Å². The number of hydrogen-bond donors (Lipinski definition) is 0. The Labute approximate surface area is 149 Å². The van der Waals surface area contributed by atoms with E-state index in [1.807, 2.05) is 12.1 Å². The van der Waals surface area contributed by atoms with Gasteiger partial charge < -0.3 is 4.90 Å². The normalized spacial score (nSPS) is 21.4. The predicted molar refractivity (Wildman–Crippen MR) is 96.6 cm³/mol. The zero-order valence-corrected chi connectivity index (χ0v) is 15.6. The molecule has 6 nitrogen and oxygen atoms in total. The molecule has 1 saturated heterocycles. The Morgan fingerprint density at radius 3 is 2.46 bits per heavy atom. The van der Waals surface area contributed by atoms with Crippen molar-refractivity contribution in [3.8, 4) is 0 Å². The molecule has 3 rings (SSSR count). The lowest BCUT2D eigenvalue weighted by Gasteiger charge is -2.39. The van der Waals surface area contributed by atoms with E-state index in [2.05, 4.69) is 9.88 Å². The Morgan fingerprint density at radius 1 is 1.17 bits per heavy atom. The second kappa shape index (κ2) is 7.56. The van der Waals surface area contributed by atoms with Crippen LogP contribution in [0.3, 0.4) is 0 Å². The molecule has 0 bridgehead atoms. The summed E-state index contributed by atoms with van der Waals surface area (Å²) in [6, 6.07) is 3.88. The Morgan fingerprint density at radius 2 is 1.83 bits per heavy atom. The summed E-state index contributed by atoms with van der Waals surface area (Å²) in [4.78, 5) is 6.14. The highest BCUT2D eigenvalue weighted by atomic mass is 35.5. The molecular weight excluding hydrogens is 348 g/mol. The lowest BCUT2D eigenvalue weighted by Crippen LogP contribution is -2.54. The number of halogens is 1. The minimum atomic E-state index is -3.37. The van der Waals surface area contributed by atoms with Crippen molar-refractivity contribution in [3.63, 3.8) is 0 Å². The fraction of sp³-hybridized carbons (Fsp3) is 0.688. The Hall–Kier alpha value is -0.890. The highest BCUT2D eigenvalue weighted by Gasteiger charge is 2.34. The molecule has 2 fully saturated rings. The summed E-state index contributed by atoms with van der Waals surface area (Å²) < 4.78 is 29.0. The first-order chi connectivity index (χ1) is 11.5. The highest BCUT2D eigenvalue weighted by molar-refractivity contribution is 7.86. The topological polar surface area (TPSA) is 56.8 Å². The van der Waals surface area contributed by atoms with Gasteiger partial charge in [-0.2, -0.15) is 17.0 Å². The van der Waals surface area contributed by atoms with E-state index in [4.69, 9.17) is 11.6 Å². The van der Waals surface area contributed by atoms with Gasteiger partial charge in [0.25, 0.3) is 10.2 Å². The van der Waals surface area contributed by atoms with Crippen molar-refractivity contribution in [1.29, 1.82) is 0 Å². The van der Waals surface area contributed by atoms with Crippen LogP contribution in [0.25, 0.3) is 0 Å². The van der Waals surface area contributed by atoms with Gasteiger partial charge in [-0.1, -0.05) is 30.9 Å². The predicted octanol–water partition coefficient (Wildman–Crippen LogP) is 2.37. The number of rotatable bonds is 4. The van der Waals surface area contributed by atoms with E-state index in [1.165, 1.54) is 6.42 Å². The first-order valence-corrected chi connectivity index (χ1v) is 10.4. The van der Waals surface area contributed by atoms with E-state index in [-0.39, 0.29) is 6.04 Å². The van der Waals surface area contributed by atoms with Crippen molar-refractivity contribution in [2.45, 2.75) is 38.1 Å². The third-order valence-corrected chi connectivity index (χ3v) is 7.34. The molecule has 2 heterocycles. The molecule has 2 aliphatic rings. The van der Waals surface area contributed by atoms with Crippen molar-refractivity contribution < 1.29 is 8.42 Å². The summed E-state index contributed by atoms with van der Waals surface area (Å²) in [5.41, 5.74) is 0.993. The van der Waals surface area contributed by atoms with Crippen LogP contribution >= 0.6 is 11.6 Å². The molecule has 0 amide bonds. The van der Waals surface area contributed by atoms with E-state index in [0.717, 1.165) is 31.4 Å². The molecule has 1 saturated carbocycles. The van der Waals surface area contributed by atoms with Crippen LogP contribution in [0.5, 0.6) is 0 Å². The number of hydrogen-bond acceptors (Lipinski definition) is 4. The van der Waals surface area contributed by atoms with Crippen molar-refractivity contribution in [3.05, 3.63) is 23.5 Å². The van der Waals surface area contributed by atoms with Crippen LogP contribution < -0.4 is 4.90 Å². The fourth-order valence-corrected chi connectivity index (χ4v) is 5.33. The van der Waals surface area contributed by atoms with Crippen LogP contribution in [0, 0.1) is 0 Å². The third-order valence-electron chi connectivity index (χ3n) is 5.09. The number of piperazine rings is 1. The van der Waals surface area contributed by atoms with Gasteiger partial charge in [-0.3, -0.25) is 0 Å². The number of anilines is 1. The quantitative estimate of drug-likeness (QED) is 0.761. The van der Waals surface area contributed by atoms with Gasteiger partial charge in [-0.05, 0) is 25.0 Å². The lowest BCUT2D eigenvalue weighted by atomic mass is 9.96. The zero-order chi connectivity index (χ0) is 17.2. The summed E-state index contributed by atoms with van der Waals surface area (Å²) >= 11 is 5.94. The molecule has 24 heavy (non-hydrogen) atoms. The number of nitrogens with zero attached hydrogens (tertiary/aromatic N) is 4. The van der Waals surface area contributed by atoms with Gasteiger partial charge in [0.15, 0.2) is 0 Å². The third kappa shape index (κ3) is 3.85. The summed E-state index contributed by atoms with van der Waals surface area (Å²) in [7, 11) is -1.64. The molecule has 1 aromatic heterocycles. The highest BCUT2D eigenvalue weighted by Crippen LogP contribution is 2.26. The van der Waals surface area contributed by atoms with Crippen LogP contribution in [-0.2, 0) is 10.2 Å². The Kier molecular flexibility index (Phi) is 5.64. The lowest BCUT2D eigenvalue weighted by molar-refractivity contribution is 0.259. The Bertz CT molecular complexity index is 656. The molecular formula is C16H25ClN4O2S. The average molecular weight is 373 g/mol. The van der Waals surface area contributed by atoms with Crippen molar-refractivity contribution in [1.82, 2.24) is 13.6 Å². The average Bonchev–Trinajstić information content (AvgIpc) is 2.62. The summed E-state index contributed by atoms with van der Waals surface area (Å²) in [6.45, 7) is 2.33. The van der Waals surface area contributed by atoms with Gasteiger partial charge in [0.2, 0.25) is 0 Å². The minimum Gasteiger partial charge on any atom is -0.369 e. The molecule has 0 radical (unpaired) electrons. The summed E-state index contributed by atoms with van der Waals surface area (Å²) in [5.74, 6) is 0. The minimum absolute atomic E-state index is 0.154. The molecule has 0 N–H and O–H groups in total. The van der Waals surface area contributed by atoms with Gasteiger partial charge in [0, 0.05) is 51.2 Å². The Balaban J connectivity index is 1.62. The molecule has 1 aliphatic carbocycles. The SMILES string of the molecule is CN(C1CCCCC1)S(=O)(=O)N1CCN(c2ccnc(Cl)c2)CC1. The standard InChI is InChI=1S/C16H25ClN4O2S/c1-19(14-5-3-2-4-6-14)24(22,23)21-11-9-20(10-12-21)15-7-8-18-16(17)13-15/h7-8,13-14H,2-6,9-12H2,1H3. The first kappa shape index (κ1) is 17.9. The molecule has 0 unspecified atom stereocenters. The van der Waals surface area contributed by atoms with Crippen molar-refractivity contribution in [2.75, 3.05) is 38.1 Å². The molecule has 8 heteroatoms. The molecule has 0 aromatic carbocycles. The van der Waals surface area contributed by atoms with Crippen LogP contribution in [-0.4, -0.2) is 61.3 Å². The number of pyridine rings is 1. The molecule has 0 atom stereocenters. The molecule has 1 aromatic rings. The van der Waals surface area contributed by atoms with Crippen LogP contribution in [0.1, 0.15) is 32.1 Å². The largest absolute Gasteiger partial charge is 0.369 e. The molecule has 0 spiro atoms. The van der Waals surface area contributed by atoms with E-state index in [0.29, 0.717) is 31.3 Å². The maximum absolute atomic E-state index is 12.9. The van der Waals surface area contributed by atoms with Gasteiger partial charge in [0.1, 0.15) is 5.15 Å². The second-order valence-corrected chi connectivity index (χ2v) is 8.91.